The number of allylic oxidation sites excluding steroid dienone is 1. The molecule has 0 aromatic carbocycles. The van der Waals surface area contributed by atoms with Crippen LogP contribution >= 0.6 is 11.6 Å². The Hall–Kier alpha value is -2.15. The number of carbonyl (C=O) groups excluding carboxylic acids is 1. The second kappa shape index (κ2) is 8.69. The number of fused-ring (bicyclic) bond motifs is 1. The van der Waals surface area contributed by atoms with E-state index in [9.17, 15) is 4.79 Å². The molecule has 7 nitrogen and oxygen atoms in total. The van der Waals surface area contributed by atoms with Gasteiger partial charge >= 0.3 is 6.09 Å². The van der Waals surface area contributed by atoms with Crippen LogP contribution in [0, 0.1) is 0 Å². The first-order chi connectivity index (χ1) is 12.6. The van der Waals surface area contributed by atoms with Gasteiger partial charge in [0.15, 0.2) is 0 Å². The summed E-state index contributed by atoms with van der Waals surface area (Å²) >= 11 is 6.29. The van der Waals surface area contributed by atoms with E-state index < -0.39 is 5.60 Å². The molecule has 2 heterocycles. The van der Waals surface area contributed by atoms with E-state index in [0.29, 0.717) is 24.7 Å². The summed E-state index contributed by atoms with van der Waals surface area (Å²) in [5.41, 5.74) is 2.05. The molecule has 0 aliphatic carbocycles. The van der Waals surface area contributed by atoms with Gasteiger partial charge in [-0.05, 0) is 40.2 Å². The molecule has 27 heavy (non-hydrogen) atoms. The largest absolute Gasteiger partial charge is 0.444 e. The summed E-state index contributed by atoms with van der Waals surface area (Å²) in [4.78, 5) is 29.1. The highest BCUT2D eigenvalue weighted by Crippen LogP contribution is 2.28. The van der Waals surface area contributed by atoms with Crippen molar-refractivity contribution in [2.45, 2.75) is 40.2 Å². The first kappa shape index (κ1) is 21.2. The molecule has 0 spiro atoms. The van der Waals surface area contributed by atoms with Crippen molar-refractivity contribution in [1.29, 1.82) is 0 Å². The Morgan fingerprint density at radius 3 is 2.63 bits per heavy atom. The topological polar surface area (TPSA) is 70.9 Å². The number of nitrogens with zero attached hydrogens (tertiary/aromatic N) is 5. The molecule has 0 saturated carbocycles. The van der Waals surface area contributed by atoms with Crippen LogP contribution in [0.2, 0.25) is 0 Å². The van der Waals surface area contributed by atoms with Gasteiger partial charge in [0.1, 0.15) is 17.7 Å². The van der Waals surface area contributed by atoms with Gasteiger partial charge < -0.3 is 14.5 Å². The fourth-order valence-corrected chi connectivity index (χ4v) is 2.79. The fourth-order valence-electron chi connectivity index (χ4n) is 2.64. The van der Waals surface area contributed by atoms with Gasteiger partial charge in [0.05, 0.1) is 17.8 Å². The molecule has 0 fully saturated rings. The van der Waals surface area contributed by atoms with Crippen LogP contribution in [0.3, 0.4) is 0 Å². The van der Waals surface area contributed by atoms with Crippen LogP contribution < -0.4 is 4.90 Å². The SMILES string of the molecule is CCN(CCN(C)C(=O)OC(C)(C)C)c1ncnc2c1C=NCC(Cl)=C2C. The molecule has 148 valence electrons. The van der Waals surface area contributed by atoms with Crippen molar-refractivity contribution in [3.05, 3.63) is 22.6 Å². The maximum atomic E-state index is 12.2. The van der Waals surface area contributed by atoms with Crippen LogP contribution in [0.4, 0.5) is 10.6 Å². The van der Waals surface area contributed by atoms with Crippen LogP contribution in [0.15, 0.2) is 16.4 Å². The van der Waals surface area contributed by atoms with E-state index in [1.165, 1.54) is 0 Å². The zero-order valence-electron chi connectivity index (χ0n) is 16.9. The Morgan fingerprint density at radius 2 is 2.00 bits per heavy atom. The van der Waals surface area contributed by atoms with E-state index in [1.807, 2.05) is 34.6 Å². The van der Waals surface area contributed by atoms with Gasteiger partial charge in [0, 0.05) is 37.9 Å². The summed E-state index contributed by atoms with van der Waals surface area (Å²) in [6.07, 6.45) is 2.98. The number of hydrogen-bond acceptors (Lipinski definition) is 6. The molecule has 1 aliphatic rings. The number of likely N-dealkylation sites (N-methyl/N-ethyl adjacent to an activating group) is 2. The second-order valence-corrected chi connectivity index (χ2v) is 7.90. The quantitative estimate of drug-likeness (QED) is 0.764. The number of amides is 1. The van der Waals surface area contributed by atoms with Gasteiger partial charge in [-0.15, -0.1) is 0 Å². The summed E-state index contributed by atoms with van der Waals surface area (Å²) in [6.45, 7) is 11.8. The predicted molar refractivity (Wildman–Crippen MR) is 110 cm³/mol. The van der Waals surface area contributed by atoms with Gasteiger partial charge in [0.25, 0.3) is 0 Å². The van der Waals surface area contributed by atoms with Crippen LogP contribution in [-0.2, 0) is 4.74 Å². The monoisotopic (exact) mass is 393 g/mol. The molecule has 8 heteroatoms. The summed E-state index contributed by atoms with van der Waals surface area (Å²) in [5, 5.41) is 0.683. The third-order valence-electron chi connectivity index (χ3n) is 4.17. The van der Waals surface area contributed by atoms with E-state index in [2.05, 4.69) is 19.9 Å². The number of halogens is 1. The van der Waals surface area contributed by atoms with Gasteiger partial charge in [-0.1, -0.05) is 11.6 Å². The average Bonchev–Trinajstić information content (AvgIpc) is 2.73. The molecule has 0 unspecified atom stereocenters. The van der Waals surface area contributed by atoms with Gasteiger partial charge in [0.2, 0.25) is 0 Å². The van der Waals surface area contributed by atoms with Crippen molar-refractivity contribution < 1.29 is 9.53 Å². The van der Waals surface area contributed by atoms with Crippen molar-refractivity contribution in [1.82, 2.24) is 14.9 Å². The minimum Gasteiger partial charge on any atom is -0.444 e. The summed E-state index contributed by atoms with van der Waals surface area (Å²) in [6, 6.07) is 0. The Bertz CT molecular complexity index is 755. The number of ether oxygens (including phenoxy) is 1. The van der Waals surface area contributed by atoms with E-state index in [4.69, 9.17) is 16.3 Å². The molecule has 0 atom stereocenters. The Balaban J connectivity index is 2.19. The zero-order valence-corrected chi connectivity index (χ0v) is 17.7. The number of rotatable bonds is 5. The third kappa shape index (κ3) is 5.42. The number of hydrogen-bond donors (Lipinski definition) is 0. The summed E-state index contributed by atoms with van der Waals surface area (Å²) in [7, 11) is 1.73. The minimum atomic E-state index is -0.515. The van der Waals surface area contributed by atoms with Crippen LogP contribution in [0.5, 0.6) is 0 Å². The molecule has 0 saturated heterocycles. The standard InChI is InChI=1S/C19H28ClN5O2/c1-7-25(9-8-24(6)18(26)27-19(3,4)5)17-14-10-21-11-15(20)13(2)16(14)22-12-23-17/h10,12H,7-9,11H2,1-6H3. The minimum absolute atomic E-state index is 0.341. The van der Waals surface area contributed by atoms with Crippen molar-refractivity contribution >= 4 is 35.3 Å². The number of carbonyl (C=O) groups is 1. The lowest BCUT2D eigenvalue weighted by atomic mass is 10.1. The van der Waals surface area contributed by atoms with Crippen LogP contribution in [0.1, 0.15) is 45.9 Å². The van der Waals surface area contributed by atoms with Gasteiger partial charge in [-0.3, -0.25) is 4.99 Å². The number of aliphatic imine (C=N–C) groups is 1. The van der Waals surface area contributed by atoms with E-state index in [1.54, 1.807) is 24.5 Å². The lowest BCUT2D eigenvalue weighted by Gasteiger charge is -2.28. The normalized spacial score (nSPS) is 13.9. The van der Waals surface area contributed by atoms with Crippen LogP contribution in [-0.4, -0.2) is 66.0 Å². The van der Waals surface area contributed by atoms with E-state index in [0.717, 1.165) is 29.2 Å². The fraction of sp³-hybridized carbons (Fsp3) is 0.579. The van der Waals surface area contributed by atoms with Crippen molar-refractivity contribution in [3.8, 4) is 0 Å². The molecule has 0 bridgehead atoms. The molecule has 1 amide bonds. The van der Waals surface area contributed by atoms with Gasteiger partial charge in [-0.2, -0.15) is 0 Å². The molecule has 1 aromatic rings. The molecular weight excluding hydrogens is 366 g/mol. The molecule has 2 rings (SSSR count). The predicted octanol–water partition coefficient (Wildman–Crippen LogP) is 3.57. The first-order valence-corrected chi connectivity index (χ1v) is 9.41. The van der Waals surface area contributed by atoms with Gasteiger partial charge in [-0.25, -0.2) is 14.8 Å². The van der Waals surface area contributed by atoms with Crippen molar-refractivity contribution in [2.75, 3.05) is 38.1 Å². The lowest BCUT2D eigenvalue weighted by molar-refractivity contribution is 0.0303. The molecule has 0 N–H and O–H groups in total. The first-order valence-electron chi connectivity index (χ1n) is 9.03. The highest BCUT2D eigenvalue weighted by molar-refractivity contribution is 6.33. The maximum absolute atomic E-state index is 12.2. The number of aromatic nitrogens is 2. The Morgan fingerprint density at radius 1 is 1.30 bits per heavy atom. The second-order valence-electron chi connectivity index (χ2n) is 7.44. The Labute approximate surface area is 166 Å². The smallest absolute Gasteiger partial charge is 0.410 e. The highest BCUT2D eigenvalue weighted by Gasteiger charge is 2.22. The van der Waals surface area contributed by atoms with E-state index >= 15 is 0 Å². The van der Waals surface area contributed by atoms with E-state index in [-0.39, 0.29) is 6.09 Å². The zero-order chi connectivity index (χ0) is 20.2. The molecule has 1 aliphatic heterocycles. The highest BCUT2D eigenvalue weighted by atomic mass is 35.5. The molecule has 1 aromatic heterocycles. The lowest BCUT2D eigenvalue weighted by Crippen LogP contribution is -2.39. The molecule has 0 radical (unpaired) electrons. The van der Waals surface area contributed by atoms with Crippen LogP contribution in [0.25, 0.3) is 5.57 Å². The average molecular weight is 394 g/mol. The Kier molecular flexibility index (Phi) is 6.81. The van der Waals surface area contributed by atoms with Crippen molar-refractivity contribution in [2.24, 2.45) is 4.99 Å². The molecular formula is C19H28ClN5O2. The third-order valence-corrected chi connectivity index (χ3v) is 4.57. The maximum Gasteiger partial charge on any atom is 0.410 e. The van der Waals surface area contributed by atoms with Crippen molar-refractivity contribution in [3.63, 3.8) is 0 Å². The number of anilines is 1. The summed E-state index contributed by atoms with van der Waals surface area (Å²) in [5.74, 6) is 0.787. The summed E-state index contributed by atoms with van der Waals surface area (Å²) < 4.78 is 5.40.